The van der Waals surface area contributed by atoms with Crippen molar-refractivity contribution in [1.82, 2.24) is 0 Å². The Kier molecular flexibility index (Phi) is 5.83. The summed E-state index contributed by atoms with van der Waals surface area (Å²) in [7, 11) is 0. The number of primary amides is 1. The Bertz CT molecular complexity index is 523. The highest BCUT2D eigenvalue weighted by atomic mass is 35.5. The summed E-state index contributed by atoms with van der Waals surface area (Å²) >= 11 is 5.32. The number of ether oxygens (including phenoxy) is 1. The highest BCUT2D eigenvalue weighted by Gasteiger charge is 2.33. The first-order chi connectivity index (χ1) is 9.71. The third-order valence-electron chi connectivity index (χ3n) is 2.30. The maximum Gasteiger partial charge on any atom is 0.411 e. The largest absolute Gasteiger partial charge is 0.444 e. The molecule has 3 N–H and O–H groups in total. The van der Waals surface area contributed by atoms with Crippen molar-refractivity contribution in [2.45, 2.75) is 18.7 Å². The van der Waals surface area contributed by atoms with Crippen LogP contribution in [0.15, 0.2) is 24.3 Å². The van der Waals surface area contributed by atoms with Gasteiger partial charge in [0.15, 0.2) is 0 Å². The van der Waals surface area contributed by atoms with E-state index in [1.165, 1.54) is 24.3 Å². The van der Waals surface area contributed by atoms with E-state index in [1.54, 1.807) is 0 Å². The summed E-state index contributed by atoms with van der Waals surface area (Å²) in [4.78, 5) is 22.4. The Morgan fingerprint density at radius 2 is 2.05 bits per heavy atom. The van der Waals surface area contributed by atoms with E-state index >= 15 is 0 Å². The van der Waals surface area contributed by atoms with Crippen LogP contribution < -0.4 is 11.1 Å². The van der Waals surface area contributed by atoms with Gasteiger partial charge in [-0.1, -0.05) is 6.07 Å². The first-order valence-corrected chi connectivity index (χ1v) is 6.25. The zero-order chi connectivity index (χ0) is 16.0. The van der Waals surface area contributed by atoms with Gasteiger partial charge in [-0.3, -0.25) is 10.1 Å². The SMILES string of the molecule is NC(=O)c1cccc(NC(=O)OC(CCl)CC(F)(F)F)c1. The second-order valence-corrected chi connectivity index (χ2v) is 4.38. The summed E-state index contributed by atoms with van der Waals surface area (Å²) in [6.45, 7) is 0. The Hall–Kier alpha value is -1.96. The van der Waals surface area contributed by atoms with Crippen molar-refractivity contribution in [1.29, 1.82) is 0 Å². The van der Waals surface area contributed by atoms with Crippen LogP contribution in [0.4, 0.5) is 23.7 Å². The van der Waals surface area contributed by atoms with Crippen LogP contribution in [0.3, 0.4) is 0 Å². The molecule has 0 saturated heterocycles. The minimum absolute atomic E-state index is 0.136. The van der Waals surface area contributed by atoms with Gasteiger partial charge in [-0.25, -0.2) is 4.79 Å². The number of nitrogens with two attached hydrogens (primary N) is 1. The van der Waals surface area contributed by atoms with Gasteiger partial charge in [-0.15, -0.1) is 11.6 Å². The third kappa shape index (κ3) is 6.35. The van der Waals surface area contributed by atoms with Crippen LogP contribution in [0.1, 0.15) is 16.8 Å². The van der Waals surface area contributed by atoms with Gasteiger partial charge >= 0.3 is 12.3 Å². The van der Waals surface area contributed by atoms with E-state index in [1.807, 2.05) is 0 Å². The number of hydrogen-bond donors (Lipinski definition) is 2. The van der Waals surface area contributed by atoms with Crippen molar-refractivity contribution in [2.24, 2.45) is 5.73 Å². The minimum Gasteiger partial charge on any atom is -0.444 e. The normalized spacial score (nSPS) is 12.6. The highest BCUT2D eigenvalue weighted by molar-refractivity contribution is 6.18. The van der Waals surface area contributed by atoms with Gasteiger partial charge in [0, 0.05) is 11.3 Å². The molecule has 1 aromatic rings. The fourth-order valence-corrected chi connectivity index (χ4v) is 1.61. The molecule has 0 aliphatic rings. The average Bonchev–Trinajstić information content (AvgIpc) is 2.36. The maximum atomic E-state index is 12.2. The number of halogens is 4. The number of alkyl halides is 4. The quantitative estimate of drug-likeness (QED) is 0.817. The molecule has 5 nitrogen and oxygen atoms in total. The van der Waals surface area contributed by atoms with E-state index in [2.05, 4.69) is 10.1 Å². The molecule has 1 atom stereocenters. The fourth-order valence-electron chi connectivity index (χ4n) is 1.43. The molecular formula is C12H12ClF3N2O3. The number of carbonyl (C=O) groups is 2. The second kappa shape index (κ2) is 7.16. The third-order valence-corrected chi connectivity index (χ3v) is 2.64. The first-order valence-electron chi connectivity index (χ1n) is 5.71. The lowest BCUT2D eigenvalue weighted by Gasteiger charge is -2.17. The van der Waals surface area contributed by atoms with Gasteiger partial charge in [0.05, 0.1) is 12.3 Å². The molecule has 21 heavy (non-hydrogen) atoms. The Labute approximate surface area is 123 Å². The summed E-state index contributed by atoms with van der Waals surface area (Å²) in [5, 5.41) is 2.19. The van der Waals surface area contributed by atoms with Gasteiger partial charge in [-0.2, -0.15) is 13.2 Å². The standard InChI is InChI=1S/C12H12ClF3N2O3/c13-6-9(5-12(14,15)16)21-11(20)18-8-3-1-2-7(4-8)10(17)19/h1-4,9H,5-6H2,(H2,17,19)(H,18,20). The number of benzene rings is 1. The van der Waals surface area contributed by atoms with Crippen molar-refractivity contribution < 1.29 is 27.5 Å². The van der Waals surface area contributed by atoms with Gasteiger partial charge < -0.3 is 10.5 Å². The Morgan fingerprint density at radius 1 is 1.38 bits per heavy atom. The van der Waals surface area contributed by atoms with Crippen LogP contribution >= 0.6 is 11.6 Å². The summed E-state index contributed by atoms with van der Waals surface area (Å²) < 4.78 is 41.1. The molecular weight excluding hydrogens is 313 g/mol. The molecule has 9 heteroatoms. The molecule has 116 valence electrons. The number of anilines is 1. The zero-order valence-corrected chi connectivity index (χ0v) is 11.4. The number of hydrogen-bond acceptors (Lipinski definition) is 3. The van der Waals surface area contributed by atoms with Crippen molar-refractivity contribution in [3.8, 4) is 0 Å². The van der Waals surface area contributed by atoms with Crippen molar-refractivity contribution in [3.63, 3.8) is 0 Å². The molecule has 1 unspecified atom stereocenters. The van der Waals surface area contributed by atoms with Crippen LogP contribution in [0.5, 0.6) is 0 Å². The Morgan fingerprint density at radius 3 is 2.57 bits per heavy atom. The second-order valence-electron chi connectivity index (χ2n) is 4.07. The lowest BCUT2D eigenvalue weighted by atomic mass is 10.2. The van der Waals surface area contributed by atoms with Crippen LogP contribution in [0.25, 0.3) is 0 Å². The molecule has 2 amide bonds. The topological polar surface area (TPSA) is 81.4 Å². The van der Waals surface area contributed by atoms with Crippen molar-refractivity contribution in [3.05, 3.63) is 29.8 Å². The molecule has 0 bridgehead atoms. The van der Waals surface area contributed by atoms with Crippen molar-refractivity contribution >= 4 is 29.3 Å². The molecule has 0 aliphatic heterocycles. The predicted molar refractivity (Wildman–Crippen MR) is 70.2 cm³/mol. The van der Waals surface area contributed by atoms with Crippen LogP contribution in [-0.2, 0) is 4.74 Å². The molecule has 1 aromatic carbocycles. The number of rotatable bonds is 5. The first kappa shape index (κ1) is 17.1. The molecule has 0 aliphatic carbocycles. The number of nitrogens with one attached hydrogen (secondary N) is 1. The number of carbonyl (C=O) groups excluding carboxylic acids is 2. The molecule has 0 radical (unpaired) electrons. The van der Waals surface area contributed by atoms with Crippen LogP contribution in [0, 0.1) is 0 Å². The predicted octanol–water partition coefficient (Wildman–Crippen LogP) is 2.89. The van der Waals surface area contributed by atoms with E-state index in [0.717, 1.165) is 0 Å². The Balaban J connectivity index is 2.64. The smallest absolute Gasteiger partial charge is 0.411 e. The fraction of sp³-hybridized carbons (Fsp3) is 0.333. The van der Waals surface area contributed by atoms with E-state index < -0.39 is 36.6 Å². The molecule has 1 rings (SSSR count). The van der Waals surface area contributed by atoms with Gasteiger partial charge in [0.2, 0.25) is 5.91 Å². The van der Waals surface area contributed by atoms with E-state index in [-0.39, 0.29) is 11.3 Å². The van der Waals surface area contributed by atoms with Gasteiger partial charge in [0.25, 0.3) is 0 Å². The maximum absolute atomic E-state index is 12.2. The molecule has 0 saturated carbocycles. The minimum atomic E-state index is -4.49. The van der Waals surface area contributed by atoms with Gasteiger partial charge in [-0.05, 0) is 18.2 Å². The summed E-state index contributed by atoms with van der Waals surface area (Å²) in [5.74, 6) is -1.20. The molecule has 0 spiro atoms. The number of amides is 2. The van der Waals surface area contributed by atoms with E-state index in [0.29, 0.717) is 0 Å². The molecule has 0 fully saturated rings. The lowest BCUT2D eigenvalue weighted by Crippen LogP contribution is -2.28. The van der Waals surface area contributed by atoms with Crippen molar-refractivity contribution in [2.75, 3.05) is 11.2 Å². The van der Waals surface area contributed by atoms with E-state index in [4.69, 9.17) is 17.3 Å². The molecule has 0 aromatic heterocycles. The van der Waals surface area contributed by atoms with Crippen LogP contribution in [0.2, 0.25) is 0 Å². The lowest BCUT2D eigenvalue weighted by molar-refractivity contribution is -0.150. The summed E-state index contributed by atoms with van der Waals surface area (Å²) in [5.41, 5.74) is 5.36. The summed E-state index contributed by atoms with van der Waals surface area (Å²) in [6.07, 6.45) is -8.44. The summed E-state index contributed by atoms with van der Waals surface area (Å²) in [6, 6.07) is 5.56. The zero-order valence-electron chi connectivity index (χ0n) is 10.6. The average molecular weight is 325 g/mol. The monoisotopic (exact) mass is 324 g/mol. The highest BCUT2D eigenvalue weighted by Crippen LogP contribution is 2.24. The van der Waals surface area contributed by atoms with Crippen LogP contribution in [-0.4, -0.2) is 30.2 Å². The molecule has 0 heterocycles. The van der Waals surface area contributed by atoms with Gasteiger partial charge in [0.1, 0.15) is 6.10 Å². The van der Waals surface area contributed by atoms with E-state index in [9.17, 15) is 22.8 Å².